The van der Waals surface area contributed by atoms with E-state index in [1.165, 1.54) is 5.52 Å². The Balaban J connectivity index is 1.81. The number of anilines is 1. The van der Waals surface area contributed by atoms with Crippen LogP contribution in [0.4, 0.5) is 5.95 Å². The van der Waals surface area contributed by atoms with Crippen molar-refractivity contribution < 1.29 is 4.57 Å². The van der Waals surface area contributed by atoms with Crippen molar-refractivity contribution in [1.82, 2.24) is 14.9 Å². The van der Waals surface area contributed by atoms with Crippen molar-refractivity contribution in [2.24, 2.45) is 0 Å². The minimum Gasteiger partial charge on any atom is -0.301 e. The van der Waals surface area contributed by atoms with Crippen molar-refractivity contribution in [3.63, 3.8) is 0 Å². The van der Waals surface area contributed by atoms with E-state index in [0.717, 1.165) is 43.3 Å². The highest BCUT2D eigenvalue weighted by Gasteiger charge is 2.17. The second-order valence-electron chi connectivity index (χ2n) is 5.84. The first kappa shape index (κ1) is 16.5. The third kappa shape index (κ3) is 3.74. The number of imidazole rings is 1. The van der Waals surface area contributed by atoms with Crippen molar-refractivity contribution in [1.29, 1.82) is 0 Å². The zero-order chi connectivity index (χ0) is 16.8. The van der Waals surface area contributed by atoms with Gasteiger partial charge in [0.25, 0.3) is 0 Å². The number of nitrogens with one attached hydrogen (secondary N) is 2. The summed E-state index contributed by atoms with van der Waals surface area (Å²) in [5, 5.41) is 3.51. The standard InChI is InChI=1S/C19H25N5/c1-3-23(4-2)13-14-24-18-11-6-5-10-17(18)22-19(24)21-15-16-9-7-8-12-20-16/h5-12H,3-4,13-15H2,1-2H3,(H,21,22)/p+1. The quantitative estimate of drug-likeness (QED) is 0.626. The minimum absolute atomic E-state index is 0.707. The summed E-state index contributed by atoms with van der Waals surface area (Å²) in [6, 6.07) is 14.4. The SMILES string of the molecule is CCN(CC)CC[n+]1c(NCc2ccccn2)[nH]c2ccccc21. The first-order valence-electron chi connectivity index (χ1n) is 8.68. The summed E-state index contributed by atoms with van der Waals surface area (Å²) in [5.41, 5.74) is 3.42. The number of aromatic amines is 1. The molecule has 126 valence electrons. The molecular weight excluding hydrogens is 298 g/mol. The molecule has 0 bridgehead atoms. The fraction of sp³-hybridized carbons (Fsp3) is 0.368. The van der Waals surface area contributed by atoms with Gasteiger partial charge in [0, 0.05) is 12.7 Å². The van der Waals surface area contributed by atoms with Crippen LogP contribution in [-0.4, -0.2) is 34.5 Å². The van der Waals surface area contributed by atoms with Gasteiger partial charge in [0.15, 0.2) is 0 Å². The van der Waals surface area contributed by atoms with Crippen LogP contribution in [0.5, 0.6) is 0 Å². The molecule has 5 heteroatoms. The molecule has 0 amide bonds. The van der Waals surface area contributed by atoms with Crippen LogP contribution in [-0.2, 0) is 13.1 Å². The Bertz CT molecular complexity index is 762. The van der Waals surface area contributed by atoms with Crippen LogP contribution < -0.4 is 9.88 Å². The number of likely N-dealkylation sites (N-methyl/N-ethyl adjacent to an activating group) is 1. The lowest BCUT2D eigenvalue weighted by atomic mass is 10.3. The molecular formula is C19H26N5+. The van der Waals surface area contributed by atoms with Crippen molar-refractivity contribution in [3.05, 3.63) is 54.4 Å². The average Bonchev–Trinajstić information content (AvgIpc) is 2.99. The Labute approximate surface area is 143 Å². The largest absolute Gasteiger partial charge is 0.356 e. The number of fused-ring (bicyclic) bond motifs is 1. The van der Waals surface area contributed by atoms with E-state index in [-0.39, 0.29) is 0 Å². The number of H-pyrrole nitrogens is 1. The fourth-order valence-corrected chi connectivity index (χ4v) is 2.96. The molecule has 24 heavy (non-hydrogen) atoms. The molecule has 0 saturated carbocycles. The molecule has 2 aromatic heterocycles. The van der Waals surface area contributed by atoms with Gasteiger partial charge in [-0.25, -0.2) is 9.55 Å². The Hall–Kier alpha value is -2.40. The Morgan fingerprint density at radius 1 is 1.08 bits per heavy atom. The van der Waals surface area contributed by atoms with Gasteiger partial charge in [-0.3, -0.25) is 10.3 Å². The highest BCUT2D eigenvalue weighted by Crippen LogP contribution is 2.12. The van der Waals surface area contributed by atoms with E-state index in [9.17, 15) is 0 Å². The molecule has 3 aromatic rings. The van der Waals surface area contributed by atoms with E-state index in [1.54, 1.807) is 0 Å². The van der Waals surface area contributed by atoms with Crippen LogP contribution in [0.3, 0.4) is 0 Å². The van der Waals surface area contributed by atoms with Gasteiger partial charge < -0.3 is 4.90 Å². The van der Waals surface area contributed by atoms with E-state index in [0.29, 0.717) is 6.54 Å². The van der Waals surface area contributed by atoms with Crippen molar-refractivity contribution >= 4 is 17.0 Å². The summed E-state index contributed by atoms with van der Waals surface area (Å²) < 4.78 is 2.33. The van der Waals surface area contributed by atoms with Gasteiger partial charge in [0.05, 0.1) is 12.2 Å². The normalized spacial score (nSPS) is 11.3. The number of benzene rings is 1. The van der Waals surface area contributed by atoms with Gasteiger partial charge in [-0.1, -0.05) is 32.0 Å². The molecule has 2 heterocycles. The third-order valence-electron chi connectivity index (χ3n) is 4.42. The topological polar surface area (TPSA) is 47.8 Å². The summed E-state index contributed by atoms with van der Waals surface area (Å²) >= 11 is 0. The van der Waals surface area contributed by atoms with Crippen LogP contribution >= 0.6 is 0 Å². The Morgan fingerprint density at radius 2 is 1.88 bits per heavy atom. The van der Waals surface area contributed by atoms with Gasteiger partial charge >= 0.3 is 5.95 Å². The predicted molar refractivity (Wildman–Crippen MR) is 97.8 cm³/mol. The minimum atomic E-state index is 0.707. The average molecular weight is 324 g/mol. The molecule has 3 rings (SSSR count). The molecule has 2 N–H and O–H groups in total. The van der Waals surface area contributed by atoms with E-state index >= 15 is 0 Å². The van der Waals surface area contributed by atoms with Crippen LogP contribution in [0.1, 0.15) is 19.5 Å². The maximum Gasteiger partial charge on any atom is 0.356 e. The van der Waals surface area contributed by atoms with Crippen molar-refractivity contribution in [3.8, 4) is 0 Å². The second kappa shape index (κ2) is 7.93. The number of hydrogen-bond donors (Lipinski definition) is 2. The van der Waals surface area contributed by atoms with Gasteiger partial charge in [-0.2, -0.15) is 0 Å². The molecule has 5 nitrogen and oxygen atoms in total. The van der Waals surface area contributed by atoms with Gasteiger partial charge in [0.1, 0.15) is 17.6 Å². The highest BCUT2D eigenvalue weighted by atomic mass is 15.2. The number of aromatic nitrogens is 3. The van der Waals surface area contributed by atoms with E-state index in [4.69, 9.17) is 0 Å². The highest BCUT2D eigenvalue weighted by molar-refractivity contribution is 5.72. The number of nitrogens with zero attached hydrogens (tertiary/aromatic N) is 3. The lowest BCUT2D eigenvalue weighted by Gasteiger charge is -2.17. The van der Waals surface area contributed by atoms with Gasteiger partial charge in [-0.15, -0.1) is 0 Å². The summed E-state index contributed by atoms with van der Waals surface area (Å²) in [4.78, 5) is 10.3. The molecule has 0 unspecified atom stereocenters. The first-order valence-corrected chi connectivity index (χ1v) is 8.68. The monoisotopic (exact) mass is 324 g/mol. The lowest BCUT2D eigenvalue weighted by Crippen LogP contribution is -2.42. The number of pyridine rings is 1. The molecule has 0 radical (unpaired) electrons. The molecule has 0 fully saturated rings. The fourth-order valence-electron chi connectivity index (χ4n) is 2.96. The summed E-state index contributed by atoms with van der Waals surface area (Å²) in [6.45, 7) is 9.28. The number of para-hydroxylation sites is 2. The first-order chi connectivity index (χ1) is 11.8. The summed E-state index contributed by atoms with van der Waals surface area (Å²) in [5.74, 6) is 1.04. The molecule has 0 aliphatic heterocycles. The van der Waals surface area contributed by atoms with Gasteiger partial charge in [0.2, 0.25) is 0 Å². The van der Waals surface area contributed by atoms with Crippen molar-refractivity contribution in [2.75, 3.05) is 25.0 Å². The zero-order valence-corrected chi connectivity index (χ0v) is 14.5. The zero-order valence-electron chi connectivity index (χ0n) is 14.5. The predicted octanol–water partition coefficient (Wildman–Crippen LogP) is 2.80. The van der Waals surface area contributed by atoms with Crippen LogP contribution in [0.15, 0.2) is 48.7 Å². The molecule has 0 aliphatic rings. The van der Waals surface area contributed by atoms with Crippen molar-refractivity contribution in [2.45, 2.75) is 26.9 Å². The van der Waals surface area contributed by atoms with E-state index in [2.05, 4.69) is 62.9 Å². The summed E-state index contributed by atoms with van der Waals surface area (Å²) in [7, 11) is 0. The summed E-state index contributed by atoms with van der Waals surface area (Å²) in [6.07, 6.45) is 1.83. The second-order valence-corrected chi connectivity index (χ2v) is 5.84. The van der Waals surface area contributed by atoms with Crippen LogP contribution in [0.2, 0.25) is 0 Å². The van der Waals surface area contributed by atoms with Gasteiger partial charge in [-0.05, 0) is 37.4 Å². The maximum atomic E-state index is 4.38. The molecule has 0 aliphatic carbocycles. The molecule has 0 spiro atoms. The number of rotatable bonds is 8. The Morgan fingerprint density at radius 3 is 2.62 bits per heavy atom. The molecule has 1 aromatic carbocycles. The Kier molecular flexibility index (Phi) is 5.43. The third-order valence-corrected chi connectivity index (χ3v) is 4.42. The maximum absolute atomic E-state index is 4.38. The molecule has 0 atom stereocenters. The van der Waals surface area contributed by atoms with E-state index < -0.39 is 0 Å². The van der Waals surface area contributed by atoms with Crippen LogP contribution in [0, 0.1) is 0 Å². The van der Waals surface area contributed by atoms with E-state index in [1.807, 2.05) is 24.4 Å². The smallest absolute Gasteiger partial charge is 0.301 e. The molecule has 0 saturated heterocycles. The van der Waals surface area contributed by atoms with Crippen LogP contribution in [0.25, 0.3) is 11.0 Å². The lowest BCUT2D eigenvalue weighted by molar-refractivity contribution is -0.656. The number of hydrogen-bond acceptors (Lipinski definition) is 3.